The van der Waals surface area contributed by atoms with E-state index in [-0.39, 0.29) is 47.8 Å². The van der Waals surface area contributed by atoms with Crippen LogP contribution in [-0.2, 0) is 39.2 Å². The first kappa shape index (κ1) is 41.9. The number of amides is 1. The summed E-state index contributed by atoms with van der Waals surface area (Å²) in [5, 5.41) is 0.352. The van der Waals surface area contributed by atoms with Crippen molar-refractivity contribution >= 4 is 39.5 Å². The molecule has 0 aliphatic carbocycles. The summed E-state index contributed by atoms with van der Waals surface area (Å²) in [6.45, 7) is 10.0. The Balaban J connectivity index is 1.65. The van der Waals surface area contributed by atoms with Crippen LogP contribution < -0.4 is 5.32 Å². The van der Waals surface area contributed by atoms with E-state index in [0.717, 1.165) is 5.56 Å². The lowest BCUT2D eigenvalue weighted by Crippen LogP contribution is -2.66. The summed E-state index contributed by atoms with van der Waals surface area (Å²) < 4.78 is 42.9. The molecule has 0 saturated carbocycles. The average molecular weight is 769 g/mol. The summed E-state index contributed by atoms with van der Waals surface area (Å²) in [7, 11) is -10.7. The maximum Gasteiger partial charge on any atom is 0.477 e. The number of benzene rings is 1. The van der Waals surface area contributed by atoms with Crippen LogP contribution in [0, 0.1) is 5.92 Å². The Morgan fingerprint density at radius 2 is 1.56 bits per heavy atom. The average Bonchev–Trinajstić information content (AvgIpc) is 3.36. The molecule has 2 aromatic rings. The summed E-state index contributed by atoms with van der Waals surface area (Å²) in [4.78, 5) is 86.5. The lowest BCUT2D eigenvalue weighted by atomic mass is 9.51. The Kier molecular flexibility index (Phi) is 12.8. The van der Waals surface area contributed by atoms with Crippen LogP contribution in [0.1, 0.15) is 76.9 Å². The number of fused-ring (bicyclic) bond motifs is 1. The molecule has 1 aromatic carbocycles. The van der Waals surface area contributed by atoms with Gasteiger partial charge in [-0.05, 0) is 57.8 Å². The molecule has 4 rings (SSSR count). The molecule has 2 aliphatic rings. The molecule has 0 spiro atoms. The van der Waals surface area contributed by atoms with Gasteiger partial charge in [-0.3, -0.25) is 28.5 Å². The van der Waals surface area contributed by atoms with Crippen LogP contribution in [-0.4, -0.2) is 107 Å². The van der Waals surface area contributed by atoms with E-state index in [2.05, 4.69) is 15.3 Å². The van der Waals surface area contributed by atoms with Crippen molar-refractivity contribution < 1.29 is 61.5 Å². The number of nitrogens with one attached hydrogen (secondary N) is 1. The third-order valence-corrected chi connectivity index (χ3v) is 13.4. The first-order valence-corrected chi connectivity index (χ1v) is 20.6. The molecule has 288 valence electrons. The minimum atomic E-state index is -5.34. The van der Waals surface area contributed by atoms with Gasteiger partial charge in [0.15, 0.2) is 11.2 Å². The first-order valence-electron chi connectivity index (χ1n) is 17.3. The third-order valence-electron chi connectivity index (χ3n) is 9.66. The summed E-state index contributed by atoms with van der Waals surface area (Å²) in [6.07, 6.45) is 3.70. The van der Waals surface area contributed by atoms with Crippen LogP contribution in [0.5, 0.6) is 0 Å². The third kappa shape index (κ3) is 10.2. The minimum absolute atomic E-state index is 0.0192. The largest absolute Gasteiger partial charge is 0.505 e. The zero-order valence-corrected chi connectivity index (χ0v) is 32.2. The second kappa shape index (κ2) is 15.9. The van der Waals surface area contributed by atoms with Gasteiger partial charge in [-0.25, -0.2) is 4.98 Å². The highest BCUT2D eigenvalue weighted by Gasteiger charge is 2.70. The fourth-order valence-corrected chi connectivity index (χ4v) is 10.5. The molecule has 3 heterocycles. The SMILES string of the molecule is CC(C)C[C@H](CC(=O)[C@H](Cc1ccccc1)NC(=O)c1cnccn1)[B-]12OC(C)(C)C[N+]1(CCOC(=O)CC(P(=O)(O)O)P(=O)(O)O)CC(C)(C)O2. The van der Waals surface area contributed by atoms with Gasteiger partial charge in [-0.1, -0.05) is 50.6 Å². The van der Waals surface area contributed by atoms with E-state index in [1.807, 2.05) is 71.9 Å². The topological polar surface area (TPSA) is 232 Å². The van der Waals surface area contributed by atoms with Gasteiger partial charge in [-0.15, -0.1) is 0 Å². The number of nitrogens with zero attached hydrogens (tertiary/aromatic N) is 3. The predicted octanol–water partition coefficient (Wildman–Crippen LogP) is 3.18. The van der Waals surface area contributed by atoms with Gasteiger partial charge in [0, 0.05) is 12.4 Å². The summed E-state index contributed by atoms with van der Waals surface area (Å²) >= 11 is 0. The molecule has 0 radical (unpaired) electrons. The molecule has 52 heavy (non-hydrogen) atoms. The molecule has 0 unspecified atom stereocenters. The van der Waals surface area contributed by atoms with Gasteiger partial charge in [0.2, 0.25) is 0 Å². The molecule has 1 amide bonds. The van der Waals surface area contributed by atoms with Gasteiger partial charge >= 0.3 is 27.8 Å². The van der Waals surface area contributed by atoms with Gasteiger partial charge in [0.05, 0.1) is 49.5 Å². The minimum Gasteiger partial charge on any atom is -0.505 e. The molecule has 16 nitrogen and oxygen atoms in total. The number of ketones is 1. The summed E-state index contributed by atoms with van der Waals surface area (Å²) in [6, 6.07) is 8.39. The second-order valence-electron chi connectivity index (χ2n) is 15.7. The lowest BCUT2D eigenvalue weighted by molar-refractivity contribution is -0.829. The number of aromatic nitrogens is 2. The Hall–Kier alpha value is -2.85. The van der Waals surface area contributed by atoms with Gasteiger partial charge < -0.3 is 43.3 Å². The maximum absolute atomic E-state index is 14.5. The molecular weight excluding hydrogens is 717 g/mol. The fourth-order valence-electron chi connectivity index (χ4n) is 8.18. The van der Waals surface area contributed by atoms with Gasteiger partial charge in [-0.2, -0.15) is 0 Å². The molecule has 2 saturated heterocycles. The Morgan fingerprint density at radius 3 is 2.08 bits per heavy atom. The number of hydrogen-bond acceptors (Lipinski definition) is 10. The second-order valence-corrected chi connectivity index (χ2v) is 19.7. The molecular formula is C33H51BN4O12P2. The monoisotopic (exact) mass is 768 g/mol. The van der Waals surface area contributed by atoms with Crippen LogP contribution >= 0.6 is 15.2 Å². The van der Waals surface area contributed by atoms with Crippen molar-refractivity contribution in [2.45, 2.75) is 95.7 Å². The first-order chi connectivity index (χ1) is 24.0. The van der Waals surface area contributed by atoms with E-state index in [1.165, 1.54) is 18.6 Å². The molecule has 5 N–H and O–H groups in total. The van der Waals surface area contributed by atoms with Gasteiger partial charge in [0.25, 0.3) is 5.91 Å². The van der Waals surface area contributed by atoms with Crippen molar-refractivity contribution in [1.29, 1.82) is 0 Å². The van der Waals surface area contributed by atoms with Crippen molar-refractivity contribution in [1.82, 2.24) is 15.3 Å². The number of hydrogen-bond donors (Lipinski definition) is 5. The van der Waals surface area contributed by atoms with Crippen molar-refractivity contribution in [2.75, 3.05) is 26.2 Å². The van der Waals surface area contributed by atoms with Crippen molar-refractivity contribution in [3.8, 4) is 0 Å². The van der Waals surface area contributed by atoms with E-state index < -0.39 is 68.6 Å². The molecule has 1 aromatic heterocycles. The number of quaternary nitrogens is 1. The number of Topliss-reactive ketones (excluding diaryl/α,β-unsaturated/α-hetero) is 1. The van der Waals surface area contributed by atoms with E-state index in [9.17, 15) is 43.1 Å². The van der Waals surface area contributed by atoms with E-state index in [1.54, 1.807) is 0 Å². The number of esters is 1. The van der Waals surface area contributed by atoms with Crippen molar-refractivity contribution in [3.63, 3.8) is 0 Å². The predicted molar refractivity (Wildman–Crippen MR) is 191 cm³/mol. The van der Waals surface area contributed by atoms with E-state index in [4.69, 9.17) is 14.0 Å². The number of rotatable bonds is 17. The number of ether oxygens (including phenoxy) is 1. The van der Waals surface area contributed by atoms with Crippen LogP contribution in [0.4, 0.5) is 0 Å². The van der Waals surface area contributed by atoms with Crippen LogP contribution in [0.25, 0.3) is 0 Å². The quantitative estimate of drug-likeness (QED) is 0.0885. The summed E-state index contributed by atoms with van der Waals surface area (Å²) in [5.41, 5.74) is -0.578. The lowest BCUT2D eigenvalue weighted by Gasteiger charge is -2.50. The van der Waals surface area contributed by atoms with Crippen LogP contribution in [0.2, 0.25) is 5.82 Å². The van der Waals surface area contributed by atoms with Crippen LogP contribution in [0.3, 0.4) is 0 Å². The summed E-state index contributed by atoms with van der Waals surface area (Å²) in [5.74, 6) is -2.37. The molecule has 0 bridgehead atoms. The van der Waals surface area contributed by atoms with Crippen molar-refractivity contribution in [2.24, 2.45) is 5.92 Å². The Bertz CT molecular complexity index is 1640. The molecule has 2 atom stereocenters. The number of carbonyl (C=O) groups excluding carboxylic acids is 3. The van der Waals surface area contributed by atoms with Gasteiger partial charge in [0.1, 0.15) is 12.3 Å². The standard InChI is InChI=1S/C33H51BN4O12P2/c1-23(2)16-25(18-28(39)26(17-24-10-8-7-9-11-24)37-31(41)27-20-35-12-13-36-27)34-38(21-32(3,4)49-34,22-33(5,6)50-34)14-15-48-29(40)19-30(51(42,43)44)52(45,46)47/h7-13,20,23,25-26,30H,14-19,21-22H2,1-6H3,(H,37,41)(H2,42,43,44)(H2,45,46,47)/t25-,26+,34?,38?/m1/s1. The highest BCUT2D eigenvalue weighted by molar-refractivity contribution is 7.70. The van der Waals surface area contributed by atoms with E-state index in [0.29, 0.717) is 19.5 Å². The maximum atomic E-state index is 14.5. The van der Waals surface area contributed by atoms with Crippen molar-refractivity contribution in [3.05, 3.63) is 60.2 Å². The highest BCUT2D eigenvalue weighted by Crippen LogP contribution is 2.61. The molecule has 19 heteroatoms. The van der Waals surface area contributed by atoms with Crippen LogP contribution in [0.15, 0.2) is 48.9 Å². The Morgan fingerprint density at radius 1 is 0.962 bits per heavy atom. The smallest absolute Gasteiger partial charge is 0.477 e. The Labute approximate surface area is 304 Å². The molecule has 2 fully saturated rings. The number of carbonyl (C=O) groups is 3. The highest BCUT2D eigenvalue weighted by atomic mass is 31.2. The fraction of sp³-hybridized carbons (Fsp3) is 0.606. The zero-order valence-electron chi connectivity index (χ0n) is 30.5. The normalized spacial score (nSPS) is 23.6. The van der Waals surface area contributed by atoms with E-state index >= 15 is 0 Å². The molecule has 2 aliphatic heterocycles. The zero-order chi connectivity index (χ0) is 38.8.